The average molecular weight is 318 g/mol. The first-order valence-electron chi connectivity index (χ1n) is 6.39. The summed E-state index contributed by atoms with van der Waals surface area (Å²) < 4.78 is 13.5. The van der Waals surface area contributed by atoms with Gasteiger partial charge in [0.2, 0.25) is 0 Å². The number of nitro benzene ring substituents is 1. The Bertz CT molecular complexity index is 820. The van der Waals surface area contributed by atoms with Crippen molar-refractivity contribution in [1.29, 1.82) is 0 Å². The first-order chi connectivity index (χ1) is 10.8. The van der Waals surface area contributed by atoms with Gasteiger partial charge in [0, 0.05) is 17.7 Å². The molecule has 2 aromatic rings. The normalized spacial score (nSPS) is 10.2. The van der Waals surface area contributed by atoms with Crippen LogP contribution in [0.1, 0.15) is 26.3 Å². The quantitative estimate of drug-likeness (QED) is 0.665. The van der Waals surface area contributed by atoms with Gasteiger partial charge in [-0.25, -0.2) is 9.18 Å². The lowest BCUT2D eigenvalue weighted by atomic mass is 10.1. The molecule has 0 saturated carbocycles. The van der Waals surface area contributed by atoms with Gasteiger partial charge < -0.3 is 10.4 Å². The second-order valence-electron chi connectivity index (χ2n) is 4.71. The number of carbonyl (C=O) groups excluding carboxylic acids is 1. The van der Waals surface area contributed by atoms with Crippen LogP contribution in [-0.4, -0.2) is 21.9 Å². The Morgan fingerprint density at radius 2 is 1.91 bits per heavy atom. The van der Waals surface area contributed by atoms with Gasteiger partial charge in [0.05, 0.1) is 16.2 Å². The molecule has 23 heavy (non-hydrogen) atoms. The van der Waals surface area contributed by atoms with Crippen LogP contribution in [0.15, 0.2) is 36.4 Å². The summed E-state index contributed by atoms with van der Waals surface area (Å²) in [6, 6.07) is 6.85. The third-order valence-corrected chi connectivity index (χ3v) is 3.13. The predicted molar refractivity (Wildman–Crippen MR) is 79.1 cm³/mol. The molecule has 2 N–H and O–H groups in total. The number of aromatic carboxylic acids is 1. The van der Waals surface area contributed by atoms with Gasteiger partial charge >= 0.3 is 5.97 Å². The highest BCUT2D eigenvalue weighted by Crippen LogP contribution is 2.23. The zero-order chi connectivity index (χ0) is 17.1. The van der Waals surface area contributed by atoms with Crippen molar-refractivity contribution in [1.82, 2.24) is 0 Å². The fourth-order valence-corrected chi connectivity index (χ4v) is 1.86. The Morgan fingerprint density at radius 1 is 1.22 bits per heavy atom. The van der Waals surface area contributed by atoms with E-state index in [9.17, 15) is 24.1 Å². The summed E-state index contributed by atoms with van der Waals surface area (Å²) in [4.78, 5) is 33.2. The minimum Gasteiger partial charge on any atom is -0.478 e. The van der Waals surface area contributed by atoms with E-state index in [1.165, 1.54) is 19.1 Å². The molecule has 8 heteroatoms. The standard InChI is InChI=1S/C15H11FN2O5/c1-8-2-3-9(6-12(8)16)14(19)17-13-5-4-10(18(22)23)7-11(13)15(20)21/h2-7H,1H3,(H,17,19)(H,20,21). The highest BCUT2D eigenvalue weighted by atomic mass is 19.1. The van der Waals surface area contributed by atoms with Crippen molar-refractivity contribution in [2.24, 2.45) is 0 Å². The highest BCUT2D eigenvalue weighted by molar-refractivity contribution is 6.08. The van der Waals surface area contributed by atoms with Gasteiger partial charge in [0.1, 0.15) is 5.82 Å². The summed E-state index contributed by atoms with van der Waals surface area (Å²) in [6.45, 7) is 1.54. The van der Waals surface area contributed by atoms with Gasteiger partial charge in [-0.3, -0.25) is 14.9 Å². The van der Waals surface area contributed by atoms with E-state index in [-0.39, 0.29) is 11.3 Å². The van der Waals surface area contributed by atoms with E-state index in [0.717, 1.165) is 24.3 Å². The summed E-state index contributed by atoms with van der Waals surface area (Å²) in [5.74, 6) is -2.72. The number of carboxylic acid groups (broad SMARTS) is 1. The van der Waals surface area contributed by atoms with E-state index >= 15 is 0 Å². The summed E-state index contributed by atoms with van der Waals surface area (Å²) in [7, 11) is 0. The minimum atomic E-state index is -1.43. The van der Waals surface area contributed by atoms with Crippen molar-refractivity contribution in [3.05, 3.63) is 69.0 Å². The number of nitrogens with one attached hydrogen (secondary N) is 1. The molecule has 2 aromatic carbocycles. The number of halogens is 1. The summed E-state index contributed by atoms with van der Waals surface area (Å²) in [6.07, 6.45) is 0. The molecule has 0 bridgehead atoms. The van der Waals surface area contributed by atoms with Crippen molar-refractivity contribution in [3.63, 3.8) is 0 Å². The predicted octanol–water partition coefficient (Wildman–Crippen LogP) is 2.99. The zero-order valence-electron chi connectivity index (χ0n) is 11.9. The molecule has 0 aromatic heterocycles. The topological polar surface area (TPSA) is 110 Å². The number of hydrogen-bond acceptors (Lipinski definition) is 4. The van der Waals surface area contributed by atoms with Crippen molar-refractivity contribution in [2.75, 3.05) is 5.32 Å². The average Bonchev–Trinajstić information content (AvgIpc) is 2.49. The molecule has 0 saturated heterocycles. The Labute approximate surface area is 129 Å². The lowest BCUT2D eigenvalue weighted by Gasteiger charge is -2.09. The Morgan fingerprint density at radius 3 is 2.48 bits per heavy atom. The Hall–Kier alpha value is -3.29. The minimum absolute atomic E-state index is 0.00258. The molecule has 0 aliphatic heterocycles. The number of benzene rings is 2. The van der Waals surface area contributed by atoms with Crippen molar-refractivity contribution in [3.8, 4) is 0 Å². The molecule has 1 amide bonds. The number of aryl methyl sites for hydroxylation is 1. The molecule has 0 aliphatic carbocycles. The van der Waals surface area contributed by atoms with Gasteiger partial charge in [0.15, 0.2) is 0 Å². The lowest BCUT2D eigenvalue weighted by molar-refractivity contribution is -0.384. The third-order valence-electron chi connectivity index (χ3n) is 3.13. The first kappa shape index (κ1) is 16.1. The molecule has 0 fully saturated rings. The van der Waals surface area contributed by atoms with E-state index in [1.807, 2.05) is 0 Å². The van der Waals surface area contributed by atoms with Crippen LogP contribution < -0.4 is 5.32 Å². The van der Waals surface area contributed by atoms with Crippen LogP contribution in [0.25, 0.3) is 0 Å². The van der Waals surface area contributed by atoms with Crippen LogP contribution in [-0.2, 0) is 0 Å². The number of carbonyl (C=O) groups is 2. The second-order valence-corrected chi connectivity index (χ2v) is 4.71. The maximum absolute atomic E-state index is 13.5. The first-order valence-corrected chi connectivity index (χ1v) is 6.39. The SMILES string of the molecule is Cc1ccc(C(=O)Nc2ccc([N+](=O)[O-])cc2C(=O)O)cc1F. The van der Waals surface area contributed by atoms with Crippen LogP contribution in [0.2, 0.25) is 0 Å². The van der Waals surface area contributed by atoms with Crippen LogP contribution in [0.5, 0.6) is 0 Å². The Kier molecular flexibility index (Phi) is 4.35. The second kappa shape index (κ2) is 6.22. The number of amides is 1. The summed E-state index contributed by atoms with van der Waals surface area (Å²) in [5.41, 5.74) is -0.595. The molecule has 0 unspecified atom stereocenters. The van der Waals surface area contributed by atoms with Gasteiger partial charge in [-0.2, -0.15) is 0 Å². The number of anilines is 1. The smallest absolute Gasteiger partial charge is 0.338 e. The molecule has 0 spiro atoms. The molecular weight excluding hydrogens is 307 g/mol. The summed E-state index contributed by atoms with van der Waals surface area (Å²) in [5, 5.41) is 22.1. The van der Waals surface area contributed by atoms with E-state index in [1.54, 1.807) is 0 Å². The Balaban J connectivity index is 2.35. The number of hydrogen-bond donors (Lipinski definition) is 2. The van der Waals surface area contributed by atoms with Gasteiger partial charge in [-0.05, 0) is 30.7 Å². The number of carboxylic acids is 1. The molecule has 0 radical (unpaired) electrons. The third kappa shape index (κ3) is 3.49. The highest BCUT2D eigenvalue weighted by Gasteiger charge is 2.18. The summed E-state index contributed by atoms with van der Waals surface area (Å²) >= 11 is 0. The zero-order valence-corrected chi connectivity index (χ0v) is 11.9. The largest absolute Gasteiger partial charge is 0.478 e. The van der Waals surface area contributed by atoms with E-state index in [0.29, 0.717) is 5.56 Å². The maximum Gasteiger partial charge on any atom is 0.338 e. The maximum atomic E-state index is 13.5. The monoisotopic (exact) mass is 318 g/mol. The van der Waals surface area contributed by atoms with E-state index in [4.69, 9.17) is 5.11 Å². The molecule has 118 valence electrons. The van der Waals surface area contributed by atoms with Gasteiger partial charge in [-0.15, -0.1) is 0 Å². The number of nitrogens with zero attached hydrogens (tertiary/aromatic N) is 1. The van der Waals surface area contributed by atoms with Crippen LogP contribution in [0, 0.1) is 22.9 Å². The number of non-ortho nitro benzene ring substituents is 1. The molecule has 0 aliphatic rings. The van der Waals surface area contributed by atoms with E-state index in [2.05, 4.69) is 5.32 Å². The van der Waals surface area contributed by atoms with Gasteiger partial charge in [-0.1, -0.05) is 6.07 Å². The van der Waals surface area contributed by atoms with Crippen molar-refractivity contribution in [2.45, 2.75) is 6.92 Å². The number of nitro groups is 1. The van der Waals surface area contributed by atoms with Gasteiger partial charge in [0.25, 0.3) is 11.6 Å². The van der Waals surface area contributed by atoms with Crippen molar-refractivity contribution < 1.29 is 24.0 Å². The van der Waals surface area contributed by atoms with Crippen LogP contribution in [0.4, 0.5) is 15.8 Å². The molecule has 0 heterocycles. The van der Waals surface area contributed by atoms with Crippen molar-refractivity contribution >= 4 is 23.3 Å². The molecule has 2 rings (SSSR count). The van der Waals surface area contributed by atoms with Crippen LogP contribution in [0.3, 0.4) is 0 Å². The fourth-order valence-electron chi connectivity index (χ4n) is 1.86. The van der Waals surface area contributed by atoms with Crippen LogP contribution >= 0.6 is 0 Å². The molecular formula is C15H11FN2O5. The molecule has 7 nitrogen and oxygen atoms in total. The van der Waals surface area contributed by atoms with E-state index < -0.39 is 33.9 Å². The lowest BCUT2D eigenvalue weighted by Crippen LogP contribution is -2.15. The molecule has 0 atom stereocenters. The fraction of sp³-hybridized carbons (Fsp3) is 0.0667. The number of rotatable bonds is 4.